The monoisotopic (exact) mass is 378 g/mol. The first-order valence-electron chi connectivity index (χ1n) is 8.04. The third-order valence-corrected chi connectivity index (χ3v) is 4.98. The van der Waals surface area contributed by atoms with Crippen LogP contribution in [0.2, 0.25) is 0 Å². The minimum atomic E-state index is -3.86. The number of aryl methyl sites for hydroxylation is 1. The van der Waals surface area contributed by atoms with Crippen LogP contribution in [0.25, 0.3) is 0 Å². The molecular weight excluding hydrogens is 356 g/mol. The van der Waals surface area contributed by atoms with Crippen LogP contribution in [0.3, 0.4) is 0 Å². The van der Waals surface area contributed by atoms with Crippen LogP contribution in [-0.4, -0.2) is 28.5 Å². The van der Waals surface area contributed by atoms with Gasteiger partial charge in [-0.05, 0) is 42.3 Å². The normalized spacial score (nSPS) is 11.0. The predicted octanol–water partition coefficient (Wildman–Crippen LogP) is 2.28. The molecule has 1 amide bonds. The number of benzene rings is 2. The van der Waals surface area contributed by atoms with Gasteiger partial charge < -0.3 is 9.47 Å². The minimum Gasteiger partial charge on any atom is -0.493 e. The Kier molecular flexibility index (Phi) is 6.59. The second kappa shape index (κ2) is 8.68. The smallest absolute Gasteiger partial charge is 0.266 e. The van der Waals surface area contributed by atoms with Crippen molar-refractivity contribution in [1.29, 1.82) is 0 Å². The Morgan fingerprint density at radius 2 is 1.65 bits per heavy atom. The van der Waals surface area contributed by atoms with Gasteiger partial charge in [0.25, 0.3) is 15.9 Å². The molecule has 8 heteroatoms. The number of hydrogen-bond donors (Lipinski definition) is 2. The number of rotatable bonds is 8. The van der Waals surface area contributed by atoms with Crippen molar-refractivity contribution < 1.29 is 22.7 Å². The van der Waals surface area contributed by atoms with E-state index in [4.69, 9.17) is 9.47 Å². The van der Waals surface area contributed by atoms with Crippen LogP contribution < -0.4 is 19.7 Å². The van der Waals surface area contributed by atoms with Gasteiger partial charge in [-0.15, -0.1) is 4.83 Å². The van der Waals surface area contributed by atoms with Gasteiger partial charge in [-0.25, -0.2) is 8.42 Å². The molecule has 7 nitrogen and oxygen atoms in total. The molecule has 0 bridgehead atoms. The van der Waals surface area contributed by atoms with Crippen LogP contribution in [0.4, 0.5) is 0 Å². The van der Waals surface area contributed by atoms with Crippen LogP contribution in [-0.2, 0) is 16.4 Å². The van der Waals surface area contributed by atoms with Crippen molar-refractivity contribution in [2.45, 2.75) is 24.7 Å². The molecular formula is C18H22N2O5S. The van der Waals surface area contributed by atoms with Gasteiger partial charge in [0.2, 0.25) is 0 Å². The lowest BCUT2D eigenvalue weighted by atomic mass is 10.1. The van der Waals surface area contributed by atoms with Crippen LogP contribution in [0.15, 0.2) is 47.4 Å². The summed E-state index contributed by atoms with van der Waals surface area (Å²) in [6.07, 6.45) is 1.86. The maximum atomic E-state index is 12.3. The van der Waals surface area contributed by atoms with Gasteiger partial charge >= 0.3 is 0 Å². The van der Waals surface area contributed by atoms with E-state index in [1.165, 1.54) is 38.5 Å². The van der Waals surface area contributed by atoms with Gasteiger partial charge in [-0.2, -0.15) is 0 Å². The van der Waals surface area contributed by atoms with Gasteiger partial charge in [0, 0.05) is 5.56 Å². The third-order valence-electron chi connectivity index (χ3n) is 3.72. The number of methoxy groups -OCH3 is 2. The largest absolute Gasteiger partial charge is 0.493 e. The topological polar surface area (TPSA) is 93.7 Å². The number of hydrogen-bond acceptors (Lipinski definition) is 5. The summed E-state index contributed by atoms with van der Waals surface area (Å²) in [5, 5.41) is 0. The van der Waals surface area contributed by atoms with Crippen molar-refractivity contribution in [3.63, 3.8) is 0 Å². The zero-order valence-corrected chi connectivity index (χ0v) is 15.7. The molecule has 2 N–H and O–H groups in total. The Morgan fingerprint density at radius 3 is 2.23 bits per heavy atom. The van der Waals surface area contributed by atoms with Gasteiger partial charge in [0.05, 0.1) is 19.1 Å². The second-order valence-electron chi connectivity index (χ2n) is 5.52. The summed E-state index contributed by atoms with van der Waals surface area (Å²) < 4.78 is 34.8. The molecule has 0 unspecified atom stereocenters. The van der Waals surface area contributed by atoms with Crippen molar-refractivity contribution in [2.75, 3.05) is 14.2 Å². The van der Waals surface area contributed by atoms with E-state index < -0.39 is 15.9 Å². The fraction of sp³-hybridized carbons (Fsp3) is 0.278. The highest BCUT2D eigenvalue weighted by atomic mass is 32.2. The zero-order chi connectivity index (χ0) is 19.2. The van der Waals surface area contributed by atoms with Crippen LogP contribution in [0, 0.1) is 0 Å². The van der Waals surface area contributed by atoms with Crippen molar-refractivity contribution in [1.82, 2.24) is 10.3 Å². The van der Waals surface area contributed by atoms with Crippen LogP contribution in [0.5, 0.6) is 11.5 Å². The molecule has 0 aliphatic rings. The first kappa shape index (κ1) is 19.7. The molecule has 2 aromatic rings. The molecule has 2 rings (SSSR count). The lowest BCUT2D eigenvalue weighted by molar-refractivity contribution is 0.0944. The molecule has 2 aromatic carbocycles. The van der Waals surface area contributed by atoms with Crippen LogP contribution >= 0.6 is 0 Å². The predicted molar refractivity (Wildman–Crippen MR) is 97.8 cm³/mol. The fourth-order valence-corrected chi connectivity index (χ4v) is 3.19. The number of amides is 1. The van der Waals surface area contributed by atoms with E-state index in [1.54, 1.807) is 18.2 Å². The number of sulfonamides is 1. The van der Waals surface area contributed by atoms with Gasteiger partial charge in [0.15, 0.2) is 11.5 Å². The second-order valence-corrected chi connectivity index (χ2v) is 7.21. The standard InChI is InChI=1S/C18H22N2O5S/c1-4-5-13-6-9-15(10-7-13)26(22,23)20-19-18(21)14-8-11-16(24-2)17(12-14)25-3/h6-12,20H,4-5H2,1-3H3,(H,19,21). The van der Waals surface area contributed by atoms with E-state index in [2.05, 4.69) is 17.2 Å². The molecule has 0 aliphatic heterocycles. The number of ether oxygens (including phenoxy) is 2. The number of nitrogens with one attached hydrogen (secondary N) is 2. The summed E-state index contributed by atoms with van der Waals surface area (Å²) in [5.74, 6) is 0.225. The Balaban J connectivity index is 2.08. The highest BCUT2D eigenvalue weighted by molar-refractivity contribution is 7.89. The Morgan fingerprint density at radius 1 is 1.00 bits per heavy atom. The zero-order valence-electron chi connectivity index (χ0n) is 14.9. The summed E-state index contributed by atoms with van der Waals surface area (Å²) in [5.41, 5.74) is 3.47. The average Bonchev–Trinajstić information content (AvgIpc) is 2.66. The van der Waals surface area contributed by atoms with Gasteiger partial charge in [0.1, 0.15) is 0 Å². The highest BCUT2D eigenvalue weighted by Crippen LogP contribution is 2.27. The van der Waals surface area contributed by atoms with E-state index >= 15 is 0 Å². The summed E-state index contributed by atoms with van der Waals surface area (Å²) in [6, 6.07) is 11.1. The van der Waals surface area contributed by atoms with Crippen LogP contribution in [0.1, 0.15) is 29.3 Å². The third kappa shape index (κ3) is 4.74. The Hall–Kier alpha value is -2.58. The average molecular weight is 378 g/mol. The maximum Gasteiger partial charge on any atom is 0.266 e. The van der Waals surface area contributed by atoms with Crippen molar-refractivity contribution in [3.05, 3.63) is 53.6 Å². The first-order valence-corrected chi connectivity index (χ1v) is 9.52. The fourth-order valence-electron chi connectivity index (χ4n) is 2.35. The number of hydrazine groups is 1. The molecule has 140 valence electrons. The van der Waals surface area contributed by atoms with E-state index in [1.807, 2.05) is 0 Å². The molecule has 0 radical (unpaired) electrons. The van der Waals surface area contributed by atoms with Crippen molar-refractivity contribution in [3.8, 4) is 11.5 Å². The van der Waals surface area contributed by atoms with Crippen molar-refractivity contribution >= 4 is 15.9 Å². The SMILES string of the molecule is CCCc1ccc(S(=O)(=O)NNC(=O)c2ccc(OC)c(OC)c2)cc1. The Bertz CT molecular complexity index is 864. The van der Waals surface area contributed by atoms with Crippen molar-refractivity contribution in [2.24, 2.45) is 0 Å². The number of carbonyl (C=O) groups is 1. The van der Waals surface area contributed by atoms with E-state index in [0.29, 0.717) is 11.5 Å². The van der Waals surface area contributed by atoms with E-state index in [9.17, 15) is 13.2 Å². The summed E-state index contributed by atoms with van der Waals surface area (Å²) in [7, 11) is -0.929. The molecule has 26 heavy (non-hydrogen) atoms. The summed E-state index contributed by atoms with van der Waals surface area (Å²) in [4.78, 5) is 14.4. The molecule has 0 saturated carbocycles. The van der Waals surface area contributed by atoms with E-state index in [0.717, 1.165) is 18.4 Å². The van der Waals surface area contributed by atoms with Gasteiger partial charge in [-0.1, -0.05) is 25.5 Å². The summed E-state index contributed by atoms with van der Waals surface area (Å²) >= 11 is 0. The minimum absolute atomic E-state index is 0.0740. The first-order chi connectivity index (χ1) is 12.4. The summed E-state index contributed by atoms with van der Waals surface area (Å²) in [6.45, 7) is 2.05. The quantitative estimate of drug-likeness (QED) is 0.688. The molecule has 0 atom stereocenters. The molecule has 0 fully saturated rings. The molecule has 0 aromatic heterocycles. The lowest BCUT2D eigenvalue weighted by Crippen LogP contribution is -2.41. The lowest BCUT2D eigenvalue weighted by Gasteiger charge is -2.11. The molecule has 0 spiro atoms. The molecule has 0 heterocycles. The number of carbonyl (C=O) groups excluding carboxylic acids is 1. The Labute approximate surface area is 153 Å². The molecule has 0 saturated heterocycles. The maximum absolute atomic E-state index is 12.3. The van der Waals surface area contributed by atoms with E-state index in [-0.39, 0.29) is 10.5 Å². The highest BCUT2D eigenvalue weighted by Gasteiger charge is 2.16. The molecule has 0 aliphatic carbocycles. The van der Waals surface area contributed by atoms with Gasteiger partial charge in [-0.3, -0.25) is 10.2 Å².